The fraction of sp³-hybridized carbons (Fsp3) is 0.667. The Kier molecular flexibility index (Phi) is 8.14. The minimum absolute atomic E-state index is 0.0105. The second-order valence-corrected chi connectivity index (χ2v) is 9.88. The SMILES string of the molecule is CCCCC(CC)C(=O)N1CCC2(CC1)SCCN2C(=O)c1cc(OC)cc(OC)c1. The van der Waals surface area contributed by atoms with Crippen LogP contribution in [0.3, 0.4) is 0 Å². The Balaban J connectivity index is 1.71. The molecule has 0 bridgehead atoms. The molecule has 1 spiro atoms. The smallest absolute Gasteiger partial charge is 0.255 e. The molecular formula is C24H36N2O4S. The number of unbranched alkanes of at least 4 members (excludes halogenated alkanes) is 1. The molecule has 2 fully saturated rings. The van der Waals surface area contributed by atoms with E-state index >= 15 is 0 Å². The van der Waals surface area contributed by atoms with Gasteiger partial charge in [0.2, 0.25) is 5.91 Å². The molecule has 0 saturated carbocycles. The Bertz CT molecular complexity index is 755. The van der Waals surface area contributed by atoms with E-state index in [-0.39, 0.29) is 16.7 Å². The molecule has 0 aliphatic carbocycles. The van der Waals surface area contributed by atoms with Gasteiger partial charge >= 0.3 is 0 Å². The van der Waals surface area contributed by atoms with Crippen LogP contribution < -0.4 is 9.47 Å². The van der Waals surface area contributed by atoms with Crippen molar-refractivity contribution in [2.45, 2.75) is 57.2 Å². The van der Waals surface area contributed by atoms with Gasteiger partial charge in [-0.1, -0.05) is 26.7 Å². The summed E-state index contributed by atoms with van der Waals surface area (Å²) in [5.41, 5.74) is 0.585. The van der Waals surface area contributed by atoms with E-state index in [1.807, 2.05) is 21.6 Å². The Morgan fingerprint density at radius 3 is 2.26 bits per heavy atom. The normalized spacial score (nSPS) is 18.8. The van der Waals surface area contributed by atoms with Crippen molar-refractivity contribution in [1.82, 2.24) is 9.80 Å². The predicted octanol–water partition coefficient (Wildman–Crippen LogP) is 4.43. The summed E-state index contributed by atoms with van der Waals surface area (Å²) in [5.74, 6) is 2.59. The summed E-state index contributed by atoms with van der Waals surface area (Å²) in [7, 11) is 3.18. The van der Waals surface area contributed by atoms with E-state index in [1.54, 1.807) is 32.4 Å². The van der Waals surface area contributed by atoms with Gasteiger partial charge in [0.05, 0.1) is 19.1 Å². The van der Waals surface area contributed by atoms with Crippen molar-refractivity contribution in [3.8, 4) is 11.5 Å². The van der Waals surface area contributed by atoms with E-state index in [4.69, 9.17) is 9.47 Å². The molecule has 0 radical (unpaired) electrons. The molecule has 1 aromatic carbocycles. The van der Waals surface area contributed by atoms with Crippen LogP contribution in [0, 0.1) is 5.92 Å². The van der Waals surface area contributed by atoms with Gasteiger partial charge in [-0.25, -0.2) is 0 Å². The molecule has 2 aliphatic heterocycles. The van der Waals surface area contributed by atoms with Crippen LogP contribution in [0.2, 0.25) is 0 Å². The van der Waals surface area contributed by atoms with Gasteiger partial charge < -0.3 is 19.3 Å². The van der Waals surface area contributed by atoms with E-state index < -0.39 is 0 Å². The van der Waals surface area contributed by atoms with Crippen molar-refractivity contribution in [3.05, 3.63) is 23.8 Å². The first-order valence-electron chi connectivity index (χ1n) is 11.5. The lowest BCUT2D eigenvalue weighted by molar-refractivity contribution is -0.137. The average Bonchev–Trinajstić information content (AvgIpc) is 3.21. The van der Waals surface area contributed by atoms with Crippen LogP contribution in [-0.4, -0.2) is 66.1 Å². The molecule has 7 heteroatoms. The zero-order valence-electron chi connectivity index (χ0n) is 19.3. The number of thioether (sulfide) groups is 1. The number of benzene rings is 1. The summed E-state index contributed by atoms with van der Waals surface area (Å²) in [6, 6.07) is 5.33. The van der Waals surface area contributed by atoms with E-state index in [2.05, 4.69) is 13.8 Å². The van der Waals surface area contributed by atoms with E-state index in [1.165, 1.54) is 0 Å². The average molecular weight is 449 g/mol. The number of carbonyl (C=O) groups excluding carboxylic acids is 2. The van der Waals surface area contributed by atoms with Gasteiger partial charge in [-0.2, -0.15) is 0 Å². The van der Waals surface area contributed by atoms with E-state index in [0.29, 0.717) is 23.0 Å². The Hall–Kier alpha value is -1.89. The molecule has 0 aromatic heterocycles. The molecule has 31 heavy (non-hydrogen) atoms. The predicted molar refractivity (Wildman–Crippen MR) is 125 cm³/mol. The first kappa shape index (κ1) is 23.8. The topological polar surface area (TPSA) is 59.1 Å². The van der Waals surface area contributed by atoms with Gasteiger partial charge in [0.15, 0.2) is 0 Å². The summed E-state index contributed by atoms with van der Waals surface area (Å²) in [6.45, 7) is 6.45. The number of carbonyl (C=O) groups is 2. The molecule has 2 aliphatic rings. The number of rotatable bonds is 8. The molecular weight excluding hydrogens is 412 g/mol. The zero-order chi connectivity index (χ0) is 22.4. The van der Waals surface area contributed by atoms with Crippen LogP contribution in [0.25, 0.3) is 0 Å². The van der Waals surface area contributed by atoms with Crippen molar-refractivity contribution in [1.29, 1.82) is 0 Å². The third-order valence-electron chi connectivity index (χ3n) is 6.63. The largest absolute Gasteiger partial charge is 0.497 e. The molecule has 172 valence electrons. The lowest BCUT2D eigenvalue weighted by Crippen LogP contribution is -2.54. The van der Waals surface area contributed by atoms with Gasteiger partial charge in [-0.05, 0) is 37.8 Å². The number of likely N-dealkylation sites (tertiary alicyclic amines) is 1. The Morgan fingerprint density at radius 2 is 1.71 bits per heavy atom. The quantitative estimate of drug-likeness (QED) is 0.589. The highest BCUT2D eigenvalue weighted by Gasteiger charge is 2.47. The number of methoxy groups -OCH3 is 2. The number of amides is 2. The molecule has 3 rings (SSSR count). The molecule has 2 amide bonds. The summed E-state index contributed by atoms with van der Waals surface area (Å²) in [6.07, 6.45) is 5.74. The zero-order valence-corrected chi connectivity index (χ0v) is 20.1. The molecule has 1 aromatic rings. The number of hydrogen-bond acceptors (Lipinski definition) is 5. The molecule has 1 atom stereocenters. The second-order valence-electron chi connectivity index (χ2n) is 8.43. The summed E-state index contributed by atoms with van der Waals surface area (Å²) < 4.78 is 10.7. The maximum absolute atomic E-state index is 13.5. The van der Waals surface area contributed by atoms with Crippen molar-refractivity contribution < 1.29 is 19.1 Å². The maximum atomic E-state index is 13.5. The third kappa shape index (κ3) is 5.13. The lowest BCUT2D eigenvalue weighted by atomic mass is 9.95. The van der Waals surface area contributed by atoms with Crippen LogP contribution in [0.15, 0.2) is 18.2 Å². The van der Waals surface area contributed by atoms with Crippen LogP contribution in [-0.2, 0) is 4.79 Å². The minimum atomic E-state index is -0.227. The summed E-state index contributed by atoms with van der Waals surface area (Å²) in [4.78, 5) is 30.3. The van der Waals surface area contributed by atoms with Gasteiger partial charge in [-0.3, -0.25) is 9.59 Å². The van der Waals surface area contributed by atoms with Gasteiger partial charge in [-0.15, -0.1) is 11.8 Å². The monoisotopic (exact) mass is 448 g/mol. The first-order chi connectivity index (χ1) is 15.0. The van der Waals surface area contributed by atoms with Crippen molar-refractivity contribution in [2.75, 3.05) is 39.6 Å². The highest BCUT2D eigenvalue weighted by Crippen LogP contribution is 2.45. The maximum Gasteiger partial charge on any atom is 0.255 e. The third-order valence-corrected chi connectivity index (χ3v) is 8.18. The van der Waals surface area contributed by atoms with Gasteiger partial charge in [0.25, 0.3) is 5.91 Å². The van der Waals surface area contributed by atoms with Gasteiger partial charge in [0.1, 0.15) is 11.5 Å². The number of ether oxygens (including phenoxy) is 2. The van der Waals surface area contributed by atoms with Crippen molar-refractivity contribution >= 4 is 23.6 Å². The fourth-order valence-corrected chi connectivity index (χ4v) is 6.14. The molecule has 2 saturated heterocycles. The standard InChI is InChI=1S/C24H36N2O4S/c1-5-7-8-18(6-2)22(27)25-11-9-24(10-12-25)26(13-14-31-24)23(28)19-15-20(29-3)17-21(16-19)30-4/h15-18H,5-14H2,1-4H3. The lowest BCUT2D eigenvalue weighted by Gasteiger charge is -2.44. The highest BCUT2D eigenvalue weighted by atomic mass is 32.2. The van der Waals surface area contributed by atoms with Gasteiger partial charge in [0, 0.05) is 42.9 Å². The fourth-order valence-electron chi connectivity index (χ4n) is 4.68. The Labute approximate surface area is 190 Å². The van der Waals surface area contributed by atoms with Crippen molar-refractivity contribution in [3.63, 3.8) is 0 Å². The van der Waals surface area contributed by atoms with Crippen LogP contribution >= 0.6 is 11.8 Å². The molecule has 1 unspecified atom stereocenters. The molecule has 0 N–H and O–H groups in total. The number of hydrogen-bond donors (Lipinski definition) is 0. The van der Waals surface area contributed by atoms with Crippen molar-refractivity contribution in [2.24, 2.45) is 5.92 Å². The summed E-state index contributed by atoms with van der Waals surface area (Å²) >= 11 is 1.86. The van der Waals surface area contributed by atoms with Crippen LogP contribution in [0.1, 0.15) is 62.7 Å². The number of nitrogens with zero attached hydrogens (tertiary/aromatic N) is 2. The first-order valence-corrected chi connectivity index (χ1v) is 12.4. The Morgan fingerprint density at radius 1 is 1.06 bits per heavy atom. The molecule has 2 heterocycles. The summed E-state index contributed by atoms with van der Waals surface area (Å²) in [5, 5.41) is 0. The van der Waals surface area contributed by atoms with E-state index in [0.717, 1.165) is 63.9 Å². The second kappa shape index (κ2) is 10.6. The van der Waals surface area contributed by atoms with Crippen LogP contribution in [0.4, 0.5) is 0 Å². The van der Waals surface area contributed by atoms with E-state index in [9.17, 15) is 9.59 Å². The molecule has 6 nitrogen and oxygen atoms in total. The number of piperidine rings is 1. The van der Waals surface area contributed by atoms with Crippen LogP contribution in [0.5, 0.6) is 11.5 Å². The minimum Gasteiger partial charge on any atom is -0.497 e. The highest BCUT2D eigenvalue weighted by molar-refractivity contribution is 8.00.